The Morgan fingerprint density at radius 2 is 1.57 bits per heavy atom. The molecule has 0 aromatic heterocycles. The Morgan fingerprint density at radius 3 is 2.32 bits per heavy atom. The van der Waals surface area contributed by atoms with Crippen LogP contribution in [-0.2, 0) is 27.4 Å². The van der Waals surface area contributed by atoms with Crippen molar-refractivity contribution in [1.82, 2.24) is 0 Å². The van der Waals surface area contributed by atoms with E-state index in [2.05, 4.69) is 0 Å². The number of allylic oxidation sites excluding steroid dienone is 2. The second-order valence-corrected chi connectivity index (χ2v) is 9.56. The smallest absolute Gasteiger partial charge is 0.315 e. The molecule has 2 aliphatic rings. The molecule has 0 spiro atoms. The van der Waals surface area contributed by atoms with Gasteiger partial charge in [0.1, 0.15) is 18.3 Å². The summed E-state index contributed by atoms with van der Waals surface area (Å²) in [5.74, 6) is -0.805. The van der Waals surface area contributed by atoms with Gasteiger partial charge in [0.25, 0.3) is 0 Å². The van der Waals surface area contributed by atoms with Crippen LogP contribution in [0.4, 0.5) is 0 Å². The summed E-state index contributed by atoms with van der Waals surface area (Å²) in [6.45, 7) is 2.53. The van der Waals surface area contributed by atoms with Gasteiger partial charge < -0.3 is 9.47 Å². The fourth-order valence-corrected chi connectivity index (χ4v) is 5.26. The van der Waals surface area contributed by atoms with Crippen LogP contribution in [0.25, 0.3) is 0 Å². The number of hydrogen-bond acceptors (Lipinski definition) is 5. The molecule has 1 heterocycles. The molecule has 5 rings (SSSR count). The molecule has 1 aliphatic carbocycles. The largest absolute Gasteiger partial charge is 0.489 e. The zero-order chi connectivity index (χ0) is 25.6. The zero-order valence-corrected chi connectivity index (χ0v) is 21.1. The molecule has 1 aliphatic heterocycles. The normalized spacial score (nSPS) is 19.2. The van der Waals surface area contributed by atoms with Gasteiger partial charge in [-0.1, -0.05) is 78.9 Å². The molecule has 3 aromatic rings. The highest BCUT2D eigenvalue weighted by molar-refractivity contribution is 6.09. The number of Topliss-reactive ketones (excluding diaryl/α,β-unsaturated/α-hetero) is 1. The van der Waals surface area contributed by atoms with Crippen molar-refractivity contribution in [2.24, 2.45) is 10.9 Å². The Balaban J connectivity index is 1.45. The van der Waals surface area contributed by atoms with E-state index >= 15 is 0 Å². The monoisotopic (exact) mass is 493 g/mol. The van der Waals surface area contributed by atoms with Gasteiger partial charge in [0, 0.05) is 41.3 Å². The number of hydrogen-bond donors (Lipinski definition) is 0. The van der Waals surface area contributed by atoms with Crippen LogP contribution in [0.1, 0.15) is 48.8 Å². The minimum Gasteiger partial charge on any atom is -0.489 e. The van der Waals surface area contributed by atoms with E-state index in [1.807, 2.05) is 91.9 Å². The van der Waals surface area contributed by atoms with Gasteiger partial charge in [0.15, 0.2) is 5.78 Å². The van der Waals surface area contributed by atoms with Crippen LogP contribution in [0.2, 0.25) is 0 Å². The minimum absolute atomic E-state index is 0.0578. The summed E-state index contributed by atoms with van der Waals surface area (Å²) in [5.41, 5.74) is 5.08. The first-order chi connectivity index (χ1) is 18.1. The average molecular weight is 494 g/mol. The number of para-hydroxylation sites is 1. The molecule has 0 saturated heterocycles. The van der Waals surface area contributed by atoms with Gasteiger partial charge in [-0.2, -0.15) is 0 Å². The summed E-state index contributed by atoms with van der Waals surface area (Å²) >= 11 is 0. The van der Waals surface area contributed by atoms with E-state index in [0.29, 0.717) is 36.5 Å². The van der Waals surface area contributed by atoms with E-state index in [4.69, 9.17) is 14.5 Å². The van der Waals surface area contributed by atoms with Crippen LogP contribution in [0.5, 0.6) is 5.75 Å². The van der Waals surface area contributed by atoms with Gasteiger partial charge >= 0.3 is 5.97 Å². The van der Waals surface area contributed by atoms with Crippen molar-refractivity contribution in [2.75, 3.05) is 6.61 Å². The first kappa shape index (κ1) is 24.7. The predicted molar refractivity (Wildman–Crippen MR) is 144 cm³/mol. The van der Waals surface area contributed by atoms with Crippen LogP contribution < -0.4 is 4.74 Å². The molecule has 2 atom stereocenters. The summed E-state index contributed by atoms with van der Waals surface area (Å²) < 4.78 is 12.1. The molecule has 0 saturated carbocycles. The van der Waals surface area contributed by atoms with Crippen molar-refractivity contribution >= 4 is 17.5 Å². The maximum Gasteiger partial charge on any atom is 0.315 e. The second kappa shape index (κ2) is 11.4. The van der Waals surface area contributed by atoms with Gasteiger partial charge in [0.2, 0.25) is 0 Å². The van der Waals surface area contributed by atoms with Gasteiger partial charge in [-0.3, -0.25) is 14.6 Å². The number of carbonyl (C=O) groups is 2. The second-order valence-electron chi connectivity index (χ2n) is 9.56. The summed E-state index contributed by atoms with van der Waals surface area (Å²) in [4.78, 5) is 31.6. The van der Waals surface area contributed by atoms with Crippen molar-refractivity contribution in [3.8, 4) is 5.75 Å². The number of ether oxygens (including phenoxy) is 2. The minimum atomic E-state index is -0.682. The van der Waals surface area contributed by atoms with Gasteiger partial charge in [0.05, 0.1) is 6.61 Å². The van der Waals surface area contributed by atoms with Crippen LogP contribution >= 0.6 is 0 Å². The molecule has 0 amide bonds. The standard InChI is InChI=1S/C32H31NO4/c1-22-29(32(35)36-20-19-23-11-4-2-5-12-23)30(31-26(33-22)16-10-17-27(31)34)25-15-8-9-18-28(25)37-21-24-13-6-3-7-14-24/h2-9,11-15,18,29-30H,10,16-17,19-21H2,1H3/t29?,30-/m1/s1. The van der Waals surface area contributed by atoms with Gasteiger partial charge in [-0.15, -0.1) is 0 Å². The Hall–Kier alpha value is -3.99. The number of nitrogens with zero attached hydrogens (tertiary/aromatic N) is 1. The number of esters is 1. The summed E-state index contributed by atoms with van der Waals surface area (Å²) in [6.07, 6.45) is 2.60. The van der Waals surface area contributed by atoms with E-state index in [0.717, 1.165) is 35.2 Å². The molecule has 188 valence electrons. The maximum atomic E-state index is 13.6. The predicted octanol–water partition coefficient (Wildman–Crippen LogP) is 6.23. The molecule has 0 radical (unpaired) electrons. The number of aliphatic imine (C=N–C) groups is 1. The summed E-state index contributed by atoms with van der Waals surface area (Å²) in [7, 11) is 0. The Bertz CT molecular complexity index is 1330. The Kier molecular flexibility index (Phi) is 7.59. The third-order valence-electron chi connectivity index (χ3n) is 7.06. The lowest BCUT2D eigenvalue weighted by molar-refractivity contribution is -0.146. The summed E-state index contributed by atoms with van der Waals surface area (Å²) in [6, 6.07) is 27.6. The fraction of sp³-hybridized carbons (Fsp3) is 0.281. The Morgan fingerprint density at radius 1 is 0.892 bits per heavy atom. The number of ketones is 1. The molecular weight excluding hydrogens is 462 g/mol. The molecule has 0 bridgehead atoms. The molecule has 1 unspecified atom stereocenters. The molecule has 3 aromatic carbocycles. The lowest BCUT2D eigenvalue weighted by Crippen LogP contribution is -2.37. The SMILES string of the molecule is CC1=NC2=C(C(=O)CCC2)[C@H](c2ccccc2OCc2ccccc2)C1C(=O)OCCc1ccccc1. The van der Waals surface area contributed by atoms with Crippen molar-refractivity contribution in [1.29, 1.82) is 0 Å². The van der Waals surface area contributed by atoms with Crippen LogP contribution in [0.3, 0.4) is 0 Å². The molecule has 37 heavy (non-hydrogen) atoms. The lowest BCUT2D eigenvalue weighted by atomic mass is 9.71. The molecular formula is C32H31NO4. The maximum absolute atomic E-state index is 13.6. The van der Waals surface area contributed by atoms with Crippen molar-refractivity contribution in [3.05, 3.63) is 113 Å². The molecule has 0 fully saturated rings. The first-order valence-electron chi connectivity index (χ1n) is 12.9. The summed E-state index contributed by atoms with van der Waals surface area (Å²) in [5, 5.41) is 0. The molecule has 5 heteroatoms. The molecule has 5 nitrogen and oxygen atoms in total. The van der Waals surface area contributed by atoms with E-state index < -0.39 is 11.8 Å². The topological polar surface area (TPSA) is 65.0 Å². The number of benzene rings is 3. The Labute approximate surface area is 217 Å². The van der Waals surface area contributed by atoms with Crippen LogP contribution in [0, 0.1) is 5.92 Å². The molecule has 0 N–H and O–H groups in total. The van der Waals surface area contributed by atoms with E-state index in [9.17, 15) is 9.59 Å². The van der Waals surface area contributed by atoms with Crippen LogP contribution in [0.15, 0.2) is 101 Å². The zero-order valence-electron chi connectivity index (χ0n) is 21.1. The van der Waals surface area contributed by atoms with Crippen molar-refractivity contribution in [3.63, 3.8) is 0 Å². The van der Waals surface area contributed by atoms with E-state index in [1.54, 1.807) is 0 Å². The van der Waals surface area contributed by atoms with E-state index in [-0.39, 0.29) is 18.4 Å². The first-order valence-corrected chi connectivity index (χ1v) is 12.9. The van der Waals surface area contributed by atoms with Gasteiger partial charge in [-0.05, 0) is 37.0 Å². The lowest BCUT2D eigenvalue weighted by Gasteiger charge is -2.35. The van der Waals surface area contributed by atoms with E-state index in [1.165, 1.54) is 0 Å². The van der Waals surface area contributed by atoms with Crippen LogP contribution in [-0.4, -0.2) is 24.1 Å². The number of carbonyl (C=O) groups excluding carboxylic acids is 2. The fourth-order valence-electron chi connectivity index (χ4n) is 5.26. The highest BCUT2D eigenvalue weighted by Crippen LogP contribution is 2.46. The highest BCUT2D eigenvalue weighted by atomic mass is 16.5. The quantitative estimate of drug-likeness (QED) is 0.349. The highest BCUT2D eigenvalue weighted by Gasteiger charge is 2.44. The number of rotatable bonds is 8. The van der Waals surface area contributed by atoms with Gasteiger partial charge in [-0.25, -0.2) is 0 Å². The average Bonchev–Trinajstić information content (AvgIpc) is 2.92. The van der Waals surface area contributed by atoms with Crippen molar-refractivity contribution in [2.45, 2.75) is 45.1 Å². The third-order valence-corrected chi connectivity index (χ3v) is 7.06. The third kappa shape index (κ3) is 5.56. The van der Waals surface area contributed by atoms with Crippen molar-refractivity contribution < 1.29 is 19.1 Å².